The number of hydrogen-bond donors (Lipinski definition) is 1. The number of nitrogens with one attached hydrogen (secondary N) is 1. The Kier molecular flexibility index (Phi) is 3.39. The number of nitrogens with zero attached hydrogens (tertiary/aromatic N) is 2. The fourth-order valence-electron chi connectivity index (χ4n) is 2.24. The van der Waals surface area contributed by atoms with Crippen molar-refractivity contribution in [3.8, 4) is 11.5 Å². The summed E-state index contributed by atoms with van der Waals surface area (Å²) in [5.41, 5.74) is 3.96. The van der Waals surface area contributed by atoms with Crippen LogP contribution in [0.4, 0.5) is 11.4 Å². The van der Waals surface area contributed by atoms with Gasteiger partial charge < -0.3 is 14.8 Å². The molecular weight excluding hydrogens is 266 g/mol. The molecule has 0 saturated heterocycles. The molecule has 0 radical (unpaired) electrons. The van der Waals surface area contributed by atoms with Crippen molar-refractivity contribution in [1.82, 2.24) is 9.61 Å². The first kappa shape index (κ1) is 13.3. The van der Waals surface area contributed by atoms with E-state index in [9.17, 15) is 0 Å². The molecule has 0 amide bonds. The Morgan fingerprint density at radius 2 is 1.90 bits per heavy atom. The molecule has 0 unspecified atom stereocenters. The second-order valence-electron chi connectivity index (χ2n) is 4.78. The van der Waals surface area contributed by atoms with E-state index in [1.807, 2.05) is 35.0 Å². The van der Waals surface area contributed by atoms with E-state index in [2.05, 4.69) is 23.4 Å². The second kappa shape index (κ2) is 5.36. The van der Waals surface area contributed by atoms with Crippen LogP contribution < -0.4 is 14.8 Å². The van der Waals surface area contributed by atoms with Gasteiger partial charge >= 0.3 is 0 Å². The maximum atomic E-state index is 5.38. The van der Waals surface area contributed by atoms with E-state index >= 15 is 0 Å². The molecule has 1 N–H and O–H groups in total. The van der Waals surface area contributed by atoms with Crippen molar-refractivity contribution in [2.45, 2.75) is 6.92 Å². The minimum atomic E-state index is 0.753. The van der Waals surface area contributed by atoms with E-state index in [1.165, 1.54) is 5.56 Å². The van der Waals surface area contributed by atoms with E-state index < -0.39 is 0 Å². The number of rotatable bonds is 4. The molecule has 0 saturated carbocycles. The minimum Gasteiger partial charge on any atom is -0.497 e. The van der Waals surface area contributed by atoms with Crippen molar-refractivity contribution >= 4 is 16.9 Å². The van der Waals surface area contributed by atoms with Gasteiger partial charge in [-0.05, 0) is 36.8 Å². The topological polar surface area (TPSA) is 47.8 Å². The molecule has 0 aliphatic heterocycles. The molecule has 21 heavy (non-hydrogen) atoms. The fourth-order valence-corrected chi connectivity index (χ4v) is 2.24. The molecule has 0 atom stereocenters. The highest BCUT2D eigenvalue weighted by atomic mass is 16.5. The summed E-state index contributed by atoms with van der Waals surface area (Å²) >= 11 is 0. The molecule has 0 fully saturated rings. The molecule has 2 aromatic heterocycles. The molecule has 108 valence electrons. The maximum Gasteiger partial charge on any atom is 0.142 e. The van der Waals surface area contributed by atoms with Crippen molar-refractivity contribution in [3.63, 3.8) is 0 Å². The van der Waals surface area contributed by atoms with Gasteiger partial charge in [-0.1, -0.05) is 0 Å². The van der Waals surface area contributed by atoms with Gasteiger partial charge in [0.2, 0.25) is 0 Å². The van der Waals surface area contributed by atoms with Gasteiger partial charge in [0, 0.05) is 12.3 Å². The number of benzene rings is 1. The van der Waals surface area contributed by atoms with Crippen molar-refractivity contribution in [2.24, 2.45) is 0 Å². The first-order valence-electron chi connectivity index (χ1n) is 6.64. The van der Waals surface area contributed by atoms with Crippen molar-refractivity contribution in [3.05, 3.63) is 48.3 Å². The Bertz CT molecular complexity index is 780. The smallest absolute Gasteiger partial charge is 0.142 e. The van der Waals surface area contributed by atoms with Gasteiger partial charge in [-0.2, -0.15) is 5.10 Å². The number of pyridine rings is 1. The van der Waals surface area contributed by atoms with E-state index in [0.717, 1.165) is 28.4 Å². The SMILES string of the molecule is COc1ccc(OC)c(Nc2cnn3ccc(C)cc23)c1. The zero-order valence-corrected chi connectivity index (χ0v) is 12.3. The molecule has 3 rings (SSSR count). The summed E-state index contributed by atoms with van der Waals surface area (Å²) < 4.78 is 12.5. The first-order valence-corrected chi connectivity index (χ1v) is 6.64. The zero-order chi connectivity index (χ0) is 14.8. The molecular formula is C16H17N3O2. The standard InChI is InChI=1S/C16H17N3O2/c1-11-6-7-19-15(8-11)14(10-17-19)18-13-9-12(20-2)4-5-16(13)21-3/h4-10,18H,1-3H3. The van der Waals surface area contributed by atoms with Crippen molar-refractivity contribution < 1.29 is 9.47 Å². The third-order valence-corrected chi connectivity index (χ3v) is 3.35. The van der Waals surface area contributed by atoms with Crippen molar-refractivity contribution in [2.75, 3.05) is 19.5 Å². The number of ether oxygens (including phenoxy) is 2. The Balaban J connectivity index is 2.03. The van der Waals surface area contributed by atoms with Crippen LogP contribution in [0, 0.1) is 6.92 Å². The Labute approximate surface area is 123 Å². The molecule has 2 heterocycles. The summed E-state index contributed by atoms with van der Waals surface area (Å²) in [7, 11) is 3.29. The van der Waals surface area contributed by atoms with E-state index in [1.54, 1.807) is 20.4 Å². The summed E-state index contributed by atoms with van der Waals surface area (Å²) in [4.78, 5) is 0. The lowest BCUT2D eigenvalue weighted by Gasteiger charge is -2.12. The Morgan fingerprint density at radius 3 is 2.67 bits per heavy atom. The zero-order valence-electron chi connectivity index (χ0n) is 12.3. The number of hydrogen-bond acceptors (Lipinski definition) is 4. The highest BCUT2D eigenvalue weighted by Crippen LogP contribution is 2.32. The van der Waals surface area contributed by atoms with Crippen LogP contribution in [0.2, 0.25) is 0 Å². The largest absolute Gasteiger partial charge is 0.497 e. The van der Waals surface area contributed by atoms with E-state index in [-0.39, 0.29) is 0 Å². The van der Waals surface area contributed by atoms with Crippen LogP contribution in [0.3, 0.4) is 0 Å². The lowest BCUT2D eigenvalue weighted by molar-refractivity contribution is 0.405. The van der Waals surface area contributed by atoms with Crippen LogP contribution in [-0.2, 0) is 0 Å². The Hall–Kier alpha value is -2.69. The van der Waals surface area contributed by atoms with Gasteiger partial charge in [0.25, 0.3) is 0 Å². The monoisotopic (exact) mass is 283 g/mol. The predicted molar refractivity (Wildman–Crippen MR) is 82.8 cm³/mol. The third-order valence-electron chi connectivity index (χ3n) is 3.35. The average molecular weight is 283 g/mol. The molecule has 3 aromatic rings. The molecule has 0 aliphatic carbocycles. The molecule has 0 spiro atoms. The predicted octanol–water partition coefficient (Wildman–Crippen LogP) is 3.40. The molecule has 0 aliphatic rings. The summed E-state index contributed by atoms with van der Waals surface area (Å²) in [6, 6.07) is 9.75. The average Bonchev–Trinajstić information content (AvgIpc) is 2.89. The number of aryl methyl sites for hydroxylation is 1. The minimum absolute atomic E-state index is 0.753. The highest BCUT2D eigenvalue weighted by molar-refractivity contribution is 5.79. The van der Waals surface area contributed by atoms with Crippen LogP contribution in [0.5, 0.6) is 11.5 Å². The normalized spacial score (nSPS) is 10.6. The summed E-state index contributed by atoms with van der Waals surface area (Å²) in [6.45, 7) is 2.06. The summed E-state index contributed by atoms with van der Waals surface area (Å²) in [5, 5.41) is 7.70. The number of methoxy groups -OCH3 is 2. The summed E-state index contributed by atoms with van der Waals surface area (Å²) in [5.74, 6) is 1.52. The number of anilines is 2. The Morgan fingerprint density at radius 1 is 1.05 bits per heavy atom. The fraction of sp³-hybridized carbons (Fsp3) is 0.188. The van der Waals surface area contributed by atoms with E-state index in [4.69, 9.17) is 9.47 Å². The highest BCUT2D eigenvalue weighted by Gasteiger charge is 2.09. The van der Waals surface area contributed by atoms with Crippen LogP contribution in [-0.4, -0.2) is 23.8 Å². The van der Waals surface area contributed by atoms with Crippen LogP contribution in [0.1, 0.15) is 5.56 Å². The molecule has 5 heteroatoms. The van der Waals surface area contributed by atoms with Crippen LogP contribution in [0.25, 0.3) is 5.52 Å². The molecule has 1 aromatic carbocycles. The first-order chi connectivity index (χ1) is 10.2. The summed E-state index contributed by atoms with van der Waals surface area (Å²) in [6.07, 6.45) is 3.74. The molecule has 5 nitrogen and oxygen atoms in total. The molecule has 0 bridgehead atoms. The van der Waals surface area contributed by atoms with Crippen molar-refractivity contribution in [1.29, 1.82) is 0 Å². The van der Waals surface area contributed by atoms with Crippen LogP contribution in [0.15, 0.2) is 42.7 Å². The van der Waals surface area contributed by atoms with Gasteiger partial charge in [-0.15, -0.1) is 0 Å². The second-order valence-corrected chi connectivity index (χ2v) is 4.78. The van der Waals surface area contributed by atoms with Crippen LogP contribution >= 0.6 is 0 Å². The quantitative estimate of drug-likeness (QED) is 0.797. The third kappa shape index (κ3) is 2.50. The van der Waals surface area contributed by atoms with Gasteiger partial charge in [-0.3, -0.25) is 0 Å². The van der Waals surface area contributed by atoms with Gasteiger partial charge in [-0.25, -0.2) is 4.52 Å². The lowest BCUT2D eigenvalue weighted by atomic mass is 10.2. The number of fused-ring (bicyclic) bond motifs is 1. The maximum absolute atomic E-state index is 5.38. The lowest BCUT2D eigenvalue weighted by Crippen LogP contribution is -1.96. The van der Waals surface area contributed by atoms with Gasteiger partial charge in [0.1, 0.15) is 11.5 Å². The number of aromatic nitrogens is 2. The van der Waals surface area contributed by atoms with E-state index in [0.29, 0.717) is 0 Å². The van der Waals surface area contributed by atoms with Gasteiger partial charge in [0.05, 0.1) is 37.3 Å². The van der Waals surface area contributed by atoms with Gasteiger partial charge in [0.15, 0.2) is 0 Å².